The topological polar surface area (TPSA) is 92.5 Å². The monoisotopic (exact) mass is 383 g/mol. The van der Waals surface area contributed by atoms with E-state index in [1.54, 1.807) is 18.4 Å². The van der Waals surface area contributed by atoms with Crippen molar-refractivity contribution < 1.29 is 9.53 Å². The molecule has 0 aliphatic carbocycles. The molecular formula is C13H23Cl2N5O2S. The lowest BCUT2D eigenvalue weighted by atomic mass is 10.2. The third-order valence-corrected chi connectivity index (χ3v) is 4.90. The SMILES string of the molecule is CO[C@H]1CN(CC(=O)Nc2nc3c(s2)CCCN3)C[C@@H]1N.Cl.Cl. The minimum Gasteiger partial charge on any atom is -0.378 e. The standard InChI is InChI=1S/C13H21N5O2S.2ClH/c1-20-9-6-18(5-8(9)14)7-11(19)16-13-17-12-10(21-13)3-2-4-15-12;;/h8-9,15H,2-7,14H2,1H3,(H,16,17,19);2*1H/t8-,9-;;/m0../s1. The van der Waals surface area contributed by atoms with Crippen LogP contribution in [0, 0.1) is 0 Å². The molecule has 1 saturated heterocycles. The minimum atomic E-state index is -0.0509. The number of rotatable bonds is 4. The number of carbonyl (C=O) groups is 1. The van der Waals surface area contributed by atoms with Crippen LogP contribution in [-0.4, -0.2) is 61.2 Å². The maximum Gasteiger partial charge on any atom is 0.240 e. The van der Waals surface area contributed by atoms with Crippen molar-refractivity contribution in [3.8, 4) is 0 Å². The van der Waals surface area contributed by atoms with E-state index in [4.69, 9.17) is 10.5 Å². The smallest absolute Gasteiger partial charge is 0.240 e. The van der Waals surface area contributed by atoms with Crippen LogP contribution in [-0.2, 0) is 16.0 Å². The summed E-state index contributed by atoms with van der Waals surface area (Å²) in [6.45, 7) is 2.66. The highest BCUT2D eigenvalue weighted by Crippen LogP contribution is 2.30. The van der Waals surface area contributed by atoms with E-state index in [2.05, 4.69) is 15.6 Å². The Kier molecular flexibility index (Phi) is 7.99. The van der Waals surface area contributed by atoms with Crippen molar-refractivity contribution in [1.82, 2.24) is 9.88 Å². The highest BCUT2D eigenvalue weighted by Gasteiger charge is 2.31. The van der Waals surface area contributed by atoms with E-state index in [9.17, 15) is 4.79 Å². The molecule has 10 heteroatoms. The van der Waals surface area contributed by atoms with Gasteiger partial charge >= 0.3 is 0 Å². The molecule has 0 spiro atoms. The van der Waals surface area contributed by atoms with E-state index in [1.165, 1.54) is 4.88 Å². The number of hydrogen-bond donors (Lipinski definition) is 3. The van der Waals surface area contributed by atoms with Gasteiger partial charge in [0.1, 0.15) is 5.82 Å². The van der Waals surface area contributed by atoms with E-state index in [-0.39, 0.29) is 42.9 Å². The second-order valence-electron chi connectivity index (χ2n) is 5.50. The molecule has 0 unspecified atom stereocenters. The van der Waals surface area contributed by atoms with Crippen LogP contribution in [0.25, 0.3) is 0 Å². The number of ether oxygens (including phenoxy) is 1. The van der Waals surface area contributed by atoms with Gasteiger partial charge in [-0.15, -0.1) is 24.8 Å². The zero-order valence-electron chi connectivity index (χ0n) is 12.9. The Hall–Kier alpha value is -0.640. The van der Waals surface area contributed by atoms with Gasteiger partial charge in [-0.05, 0) is 12.8 Å². The minimum absolute atomic E-state index is 0. The van der Waals surface area contributed by atoms with Gasteiger partial charge in [0.2, 0.25) is 5.91 Å². The van der Waals surface area contributed by atoms with Gasteiger partial charge in [-0.1, -0.05) is 11.3 Å². The summed E-state index contributed by atoms with van der Waals surface area (Å²) in [7, 11) is 1.65. The second-order valence-corrected chi connectivity index (χ2v) is 6.59. The number of carbonyl (C=O) groups excluding carboxylic acids is 1. The van der Waals surface area contributed by atoms with Gasteiger partial charge in [-0.25, -0.2) is 4.98 Å². The molecule has 2 atom stereocenters. The maximum atomic E-state index is 12.1. The number of fused-ring (bicyclic) bond motifs is 1. The summed E-state index contributed by atoms with van der Waals surface area (Å²) < 4.78 is 5.29. The predicted molar refractivity (Wildman–Crippen MR) is 97.3 cm³/mol. The fourth-order valence-corrected chi connectivity index (χ4v) is 3.79. The van der Waals surface area contributed by atoms with Crippen molar-refractivity contribution in [3.05, 3.63) is 4.88 Å². The summed E-state index contributed by atoms with van der Waals surface area (Å²) in [5, 5.41) is 6.80. The lowest BCUT2D eigenvalue weighted by molar-refractivity contribution is -0.117. The van der Waals surface area contributed by atoms with E-state index in [1.807, 2.05) is 4.90 Å². The van der Waals surface area contributed by atoms with Gasteiger partial charge in [0.05, 0.1) is 17.5 Å². The first kappa shape index (κ1) is 20.4. The molecule has 2 aliphatic rings. The number of likely N-dealkylation sites (tertiary alicyclic amines) is 1. The molecule has 1 aromatic heterocycles. The van der Waals surface area contributed by atoms with Gasteiger partial charge in [0.15, 0.2) is 5.13 Å². The molecule has 1 amide bonds. The molecule has 2 aliphatic heterocycles. The molecule has 4 N–H and O–H groups in total. The van der Waals surface area contributed by atoms with E-state index >= 15 is 0 Å². The van der Waals surface area contributed by atoms with Gasteiger partial charge in [-0.2, -0.15) is 0 Å². The third kappa shape index (κ3) is 4.91. The van der Waals surface area contributed by atoms with Crippen LogP contribution < -0.4 is 16.4 Å². The Morgan fingerprint density at radius 2 is 2.30 bits per heavy atom. The van der Waals surface area contributed by atoms with Gasteiger partial charge in [0, 0.05) is 32.8 Å². The van der Waals surface area contributed by atoms with Crippen molar-refractivity contribution in [1.29, 1.82) is 0 Å². The molecule has 1 fully saturated rings. The Morgan fingerprint density at radius 3 is 2.96 bits per heavy atom. The normalized spacial score (nSPS) is 23.2. The maximum absolute atomic E-state index is 12.1. The van der Waals surface area contributed by atoms with E-state index in [0.717, 1.165) is 25.2 Å². The first-order valence-corrected chi connectivity index (χ1v) is 8.01. The Balaban J connectivity index is 0.00000132. The van der Waals surface area contributed by atoms with Crippen molar-refractivity contribution in [3.63, 3.8) is 0 Å². The van der Waals surface area contributed by atoms with Crippen LogP contribution >= 0.6 is 36.2 Å². The molecule has 3 rings (SSSR count). The number of methoxy groups -OCH3 is 1. The molecule has 0 radical (unpaired) electrons. The zero-order valence-corrected chi connectivity index (χ0v) is 15.4. The molecule has 3 heterocycles. The van der Waals surface area contributed by atoms with Crippen LogP contribution in [0.5, 0.6) is 0 Å². The lowest BCUT2D eigenvalue weighted by Gasteiger charge is -2.13. The molecule has 0 saturated carbocycles. The average molecular weight is 384 g/mol. The largest absolute Gasteiger partial charge is 0.378 e. The van der Waals surface area contributed by atoms with Crippen LogP contribution in [0.1, 0.15) is 11.3 Å². The predicted octanol–water partition coefficient (Wildman–Crippen LogP) is 0.941. The van der Waals surface area contributed by atoms with Crippen molar-refractivity contribution in [2.24, 2.45) is 5.73 Å². The molecule has 132 valence electrons. The summed E-state index contributed by atoms with van der Waals surface area (Å²) in [5.74, 6) is 0.870. The highest BCUT2D eigenvalue weighted by atomic mass is 35.5. The number of anilines is 2. The lowest BCUT2D eigenvalue weighted by Crippen LogP contribution is -2.34. The van der Waals surface area contributed by atoms with Crippen molar-refractivity contribution >= 4 is 53.0 Å². The highest BCUT2D eigenvalue weighted by molar-refractivity contribution is 7.16. The molecule has 0 aromatic carbocycles. The Morgan fingerprint density at radius 1 is 1.52 bits per heavy atom. The quantitative estimate of drug-likeness (QED) is 0.716. The van der Waals surface area contributed by atoms with Crippen molar-refractivity contribution in [2.45, 2.75) is 25.0 Å². The number of hydrogen-bond acceptors (Lipinski definition) is 7. The number of amides is 1. The van der Waals surface area contributed by atoms with Gasteiger partial charge in [0.25, 0.3) is 0 Å². The summed E-state index contributed by atoms with van der Waals surface area (Å²) in [6, 6.07) is -0.0285. The van der Waals surface area contributed by atoms with Crippen LogP contribution in [0.4, 0.5) is 10.9 Å². The molecule has 23 heavy (non-hydrogen) atoms. The number of thiazole rings is 1. The summed E-state index contributed by atoms with van der Waals surface area (Å²) >= 11 is 1.55. The molecule has 0 bridgehead atoms. The second kappa shape index (κ2) is 9.00. The first-order valence-electron chi connectivity index (χ1n) is 7.20. The molecular weight excluding hydrogens is 361 g/mol. The van der Waals surface area contributed by atoms with Gasteiger partial charge < -0.3 is 21.1 Å². The number of aryl methyl sites for hydroxylation is 1. The average Bonchev–Trinajstić information content (AvgIpc) is 3.00. The first-order chi connectivity index (χ1) is 10.2. The number of halogens is 2. The van der Waals surface area contributed by atoms with E-state index < -0.39 is 0 Å². The van der Waals surface area contributed by atoms with Crippen molar-refractivity contribution in [2.75, 3.05) is 43.9 Å². The number of nitrogens with one attached hydrogen (secondary N) is 2. The number of nitrogens with zero attached hydrogens (tertiary/aromatic N) is 2. The van der Waals surface area contributed by atoms with Crippen LogP contribution in [0.15, 0.2) is 0 Å². The fraction of sp³-hybridized carbons (Fsp3) is 0.692. The number of aromatic nitrogens is 1. The summed E-state index contributed by atoms with van der Waals surface area (Å²) in [4.78, 5) is 19.7. The third-order valence-electron chi connectivity index (χ3n) is 3.87. The molecule has 1 aromatic rings. The zero-order chi connectivity index (χ0) is 14.8. The van der Waals surface area contributed by atoms with E-state index in [0.29, 0.717) is 24.8 Å². The number of nitrogens with two attached hydrogens (primary N) is 1. The van der Waals surface area contributed by atoms with Crippen LogP contribution in [0.2, 0.25) is 0 Å². The van der Waals surface area contributed by atoms with Crippen LogP contribution in [0.3, 0.4) is 0 Å². The Bertz CT molecular complexity index is 507. The summed E-state index contributed by atoms with van der Waals surface area (Å²) in [6.07, 6.45) is 2.16. The molecule has 7 nitrogen and oxygen atoms in total. The fourth-order valence-electron chi connectivity index (χ4n) is 2.79. The summed E-state index contributed by atoms with van der Waals surface area (Å²) in [5.41, 5.74) is 5.96. The van der Waals surface area contributed by atoms with Gasteiger partial charge in [-0.3, -0.25) is 9.69 Å². The Labute approximate surface area is 152 Å².